The molecular formula is C23H24N5O2+. The van der Waals surface area contributed by atoms with Crippen molar-refractivity contribution in [3.8, 4) is 6.07 Å². The summed E-state index contributed by atoms with van der Waals surface area (Å²) in [5, 5.41) is 20.5. The number of aliphatic hydroxyl groups is 1. The van der Waals surface area contributed by atoms with Gasteiger partial charge in [-0.2, -0.15) is 5.26 Å². The maximum Gasteiger partial charge on any atom is 0.254 e. The van der Waals surface area contributed by atoms with Crippen LogP contribution in [-0.2, 0) is 0 Å². The first-order chi connectivity index (χ1) is 14.6. The molecule has 0 spiro atoms. The third kappa shape index (κ3) is 3.78. The number of nitriles is 1. The molecule has 1 fully saturated rings. The number of carbonyl (C=O) groups is 1. The Kier molecular flexibility index (Phi) is 5.50. The van der Waals surface area contributed by atoms with Crippen molar-refractivity contribution >= 4 is 22.5 Å². The number of benzene rings is 2. The largest absolute Gasteiger partial charge is 0.505 e. The van der Waals surface area contributed by atoms with Crippen LogP contribution >= 0.6 is 0 Å². The van der Waals surface area contributed by atoms with Gasteiger partial charge in [0.2, 0.25) is 0 Å². The van der Waals surface area contributed by atoms with E-state index in [-0.39, 0.29) is 23.3 Å². The standard InChI is InChI=1S/C23H23N5O2/c1-16(21(29)18(15-24)22-25-19-9-5-6-10-20(19)26-22)27-11-13-28(14-12-27)23(30)17-7-3-2-4-8-17/h2-10,16,29H,11-14H2,1H3,(H,25,26)/p+1/b21-18-/t16-/m1/s1. The van der Waals surface area contributed by atoms with Crippen LogP contribution < -0.4 is 4.90 Å². The molecule has 2 aromatic carbocycles. The maximum atomic E-state index is 12.6. The van der Waals surface area contributed by atoms with Gasteiger partial charge in [-0.15, -0.1) is 0 Å². The highest BCUT2D eigenvalue weighted by atomic mass is 16.3. The van der Waals surface area contributed by atoms with Gasteiger partial charge in [0.15, 0.2) is 11.6 Å². The molecule has 1 aliphatic heterocycles. The van der Waals surface area contributed by atoms with Gasteiger partial charge in [0.25, 0.3) is 5.91 Å². The van der Waals surface area contributed by atoms with Crippen LogP contribution in [0.5, 0.6) is 0 Å². The molecule has 2 heterocycles. The molecule has 1 amide bonds. The average molecular weight is 402 g/mol. The Balaban J connectivity index is 1.48. The lowest BCUT2D eigenvalue weighted by Gasteiger charge is -2.35. The van der Waals surface area contributed by atoms with Crippen molar-refractivity contribution in [3.05, 3.63) is 71.7 Å². The summed E-state index contributed by atoms with van der Waals surface area (Å²) in [6.45, 7) is 4.50. The number of rotatable bonds is 4. The Hall–Kier alpha value is -3.63. The van der Waals surface area contributed by atoms with Crippen LogP contribution in [-0.4, -0.2) is 58.1 Å². The molecule has 0 unspecified atom stereocenters. The van der Waals surface area contributed by atoms with Gasteiger partial charge in [0, 0.05) is 5.56 Å². The lowest BCUT2D eigenvalue weighted by molar-refractivity contribution is -0.923. The zero-order chi connectivity index (χ0) is 21.1. The second-order valence-electron chi connectivity index (χ2n) is 7.51. The summed E-state index contributed by atoms with van der Waals surface area (Å²) in [5.74, 6) is 0.428. The summed E-state index contributed by atoms with van der Waals surface area (Å²) in [6.07, 6.45) is 0. The number of imidazole rings is 1. The van der Waals surface area contributed by atoms with Gasteiger partial charge in [-0.3, -0.25) is 4.79 Å². The fourth-order valence-corrected chi connectivity index (χ4v) is 3.91. The normalized spacial score (nSPS) is 16.7. The average Bonchev–Trinajstić information content (AvgIpc) is 3.23. The summed E-state index contributed by atoms with van der Waals surface area (Å²) in [6, 6.07) is 18.6. The van der Waals surface area contributed by atoms with E-state index in [1.807, 2.05) is 66.4 Å². The Labute approximate surface area is 174 Å². The van der Waals surface area contributed by atoms with Crippen LogP contribution in [0.25, 0.3) is 16.6 Å². The van der Waals surface area contributed by atoms with Crippen LogP contribution in [0, 0.1) is 11.3 Å². The molecule has 0 radical (unpaired) electrons. The number of carbonyl (C=O) groups excluding carboxylic acids is 1. The number of aromatic nitrogens is 2. The Morgan fingerprint density at radius 3 is 2.50 bits per heavy atom. The van der Waals surface area contributed by atoms with E-state index in [0.717, 1.165) is 15.9 Å². The SMILES string of the molecule is C[C@H](/C(O)=C(\C#N)c1nc2ccccc2[nH]1)[NH+]1CCN(C(=O)c2ccccc2)CC1. The number of aromatic amines is 1. The number of H-pyrrole nitrogens is 1. The van der Waals surface area contributed by atoms with Gasteiger partial charge in [-0.25, -0.2) is 4.98 Å². The lowest BCUT2D eigenvalue weighted by atomic mass is 10.1. The van der Waals surface area contributed by atoms with Crippen molar-refractivity contribution in [3.63, 3.8) is 0 Å². The molecule has 1 saturated heterocycles. The number of amides is 1. The lowest BCUT2D eigenvalue weighted by Crippen LogP contribution is -3.18. The molecule has 1 aliphatic rings. The van der Waals surface area contributed by atoms with Crippen molar-refractivity contribution in [2.24, 2.45) is 0 Å². The van der Waals surface area contributed by atoms with Gasteiger partial charge in [-0.1, -0.05) is 30.3 Å². The molecule has 152 valence electrons. The smallest absolute Gasteiger partial charge is 0.254 e. The number of nitrogens with one attached hydrogen (secondary N) is 2. The van der Waals surface area contributed by atoms with Crippen molar-refractivity contribution in [2.45, 2.75) is 13.0 Å². The predicted molar refractivity (Wildman–Crippen MR) is 114 cm³/mol. The first kappa shape index (κ1) is 19.7. The zero-order valence-corrected chi connectivity index (χ0v) is 16.8. The quantitative estimate of drug-likeness (QED) is 0.458. The highest BCUT2D eigenvalue weighted by Gasteiger charge is 2.31. The molecule has 7 nitrogen and oxygen atoms in total. The molecule has 30 heavy (non-hydrogen) atoms. The zero-order valence-electron chi connectivity index (χ0n) is 16.8. The maximum absolute atomic E-state index is 12.6. The number of fused-ring (bicyclic) bond motifs is 1. The van der Waals surface area contributed by atoms with Crippen LogP contribution in [0.15, 0.2) is 60.4 Å². The highest BCUT2D eigenvalue weighted by Crippen LogP contribution is 2.19. The van der Waals surface area contributed by atoms with E-state index in [1.54, 1.807) is 0 Å². The van der Waals surface area contributed by atoms with Gasteiger partial charge < -0.3 is 19.9 Å². The van der Waals surface area contributed by atoms with E-state index in [0.29, 0.717) is 37.6 Å². The van der Waals surface area contributed by atoms with E-state index in [4.69, 9.17) is 0 Å². The Morgan fingerprint density at radius 1 is 1.17 bits per heavy atom. The molecule has 0 saturated carbocycles. The van der Waals surface area contributed by atoms with Gasteiger partial charge in [-0.05, 0) is 31.2 Å². The predicted octanol–water partition coefficient (Wildman–Crippen LogP) is 1.78. The number of nitrogens with zero attached hydrogens (tertiary/aromatic N) is 3. The Bertz CT molecular complexity index is 1090. The highest BCUT2D eigenvalue weighted by molar-refractivity contribution is 5.94. The first-order valence-corrected chi connectivity index (χ1v) is 10.1. The monoisotopic (exact) mass is 402 g/mol. The number of quaternary nitrogens is 1. The summed E-state index contributed by atoms with van der Waals surface area (Å²) >= 11 is 0. The van der Waals surface area contributed by atoms with E-state index >= 15 is 0 Å². The van der Waals surface area contributed by atoms with Gasteiger partial charge in [0.05, 0.1) is 37.2 Å². The number of hydrogen-bond donors (Lipinski definition) is 3. The van der Waals surface area contributed by atoms with Crippen LogP contribution in [0.4, 0.5) is 0 Å². The number of para-hydroxylation sites is 2. The van der Waals surface area contributed by atoms with Crippen LogP contribution in [0.1, 0.15) is 23.1 Å². The molecule has 7 heteroatoms. The molecule has 1 atom stereocenters. The molecule has 0 bridgehead atoms. The van der Waals surface area contributed by atoms with E-state index in [2.05, 4.69) is 16.0 Å². The van der Waals surface area contributed by atoms with E-state index in [1.165, 1.54) is 0 Å². The van der Waals surface area contributed by atoms with E-state index < -0.39 is 0 Å². The number of piperazine rings is 1. The fourth-order valence-electron chi connectivity index (χ4n) is 3.91. The molecule has 0 aliphatic carbocycles. The van der Waals surface area contributed by atoms with Crippen LogP contribution in [0.3, 0.4) is 0 Å². The molecule has 3 aromatic rings. The minimum absolute atomic E-state index is 0.0226. The minimum Gasteiger partial charge on any atom is -0.505 e. The number of aliphatic hydroxyl groups excluding tert-OH is 1. The Morgan fingerprint density at radius 2 is 1.83 bits per heavy atom. The molecular weight excluding hydrogens is 378 g/mol. The van der Waals surface area contributed by atoms with Crippen molar-refractivity contribution in [2.75, 3.05) is 26.2 Å². The first-order valence-electron chi connectivity index (χ1n) is 10.1. The summed E-state index contributed by atoms with van der Waals surface area (Å²) < 4.78 is 0. The minimum atomic E-state index is -0.276. The third-order valence-corrected chi connectivity index (χ3v) is 5.73. The second-order valence-corrected chi connectivity index (χ2v) is 7.51. The van der Waals surface area contributed by atoms with Crippen molar-refractivity contribution < 1.29 is 14.8 Å². The number of hydrogen-bond acceptors (Lipinski definition) is 4. The summed E-state index contributed by atoms with van der Waals surface area (Å²) in [4.78, 5) is 23.2. The fraction of sp³-hybridized carbons (Fsp3) is 0.261. The van der Waals surface area contributed by atoms with Crippen molar-refractivity contribution in [1.82, 2.24) is 14.9 Å². The summed E-state index contributed by atoms with van der Waals surface area (Å²) in [7, 11) is 0. The topological polar surface area (TPSA) is 97.4 Å². The van der Waals surface area contributed by atoms with Crippen molar-refractivity contribution in [1.29, 1.82) is 5.26 Å². The molecule has 1 aromatic heterocycles. The van der Waals surface area contributed by atoms with Gasteiger partial charge in [0.1, 0.15) is 17.7 Å². The molecule has 4 rings (SSSR count). The van der Waals surface area contributed by atoms with E-state index in [9.17, 15) is 15.2 Å². The number of allylic oxidation sites excluding steroid dienone is 1. The molecule has 3 N–H and O–H groups in total. The van der Waals surface area contributed by atoms with Crippen LogP contribution in [0.2, 0.25) is 0 Å². The van der Waals surface area contributed by atoms with Gasteiger partial charge >= 0.3 is 0 Å². The third-order valence-electron chi connectivity index (χ3n) is 5.73. The second kappa shape index (κ2) is 8.39. The summed E-state index contributed by atoms with van der Waals surface area (Å²) in [5.41, 5.74) is 2.42.